The van der Waals surface area contributed by atoms with Crippen molar-refractivity contribution in [3.8, 4) is 0 Å². The second-order valence-corrected chi connectivity index (χ2v) is 3.94. The second kappa shape index (κ2) is 4.44. The van der Waals surface area contributed by atoms with Crippen molar-refractivity contribution in [3.63, 3.8) is 0 Å². The van der Waals surface area contributed by atoms with Crippen molar-refractivity contribution in [2.45, 2.75) is 6.92 Å². The summed E-state index contributed by atoms with van der Waals surface area (Å²) in [5.74, 6) is -0.720. The number of aryl methyl sites for hydroxylation is 1. The molecule has 0 fully saturated rings. The molecule has 4 nitrogen and oxygen atoms in total. The lowest BCUT2D eigenvalue weighted by Gasteiger charge is -2.05. The van der Waals surface area contributed by atoms with E-state index in [9.17, 15) is 14.0 Å². The van der Waals surface area contributed by atoms with E-state index in [4.69, 9.17) is 5.73 Å². The van der Waals surface area contributed by atoms with E-state index >= 15 is 0 Å². The number of nitrogen functional groups attached to an aromatic ring is 1. The number of pyridine rings is 1. The van der Waals surface area contributed by atoms with Gasteiger partial charge in [0.2, 0.25) is 5.56 Å². The number of aromatic amines is 1. The monoisotopic (exact) mass is 246 g/mol. The molecule has 0 spiro atoms. The van der Waals surface area contributed by atoms with E-state index in [0.717, 1.165) is 0 Å². The summed E-state index contributed by atoms with van der Waals surface area (Å²) >= 11 is 0. The summed E-state index contributed by atoms with van der Waals surface area (Å²) in [7, 11) is 0. The van der Waals surface area contributed by atoms with Crippen LogP contribution in [0.15, 0.2) is 35.1 Å². The largest absolute Gasteiger partial charge is 0.385 e. The minimum atomic E-state index is -0.376. The Bertz CT molecular complexity index is 677. The lowest BCUT2D eigenvalue weighted by molar-refractivity contribution is 0.103. The normalized spacial score (nSPS) is 10.3. The molecule has 0 saturated heterocycles. The third-order valence-electron chi connectivity index (χ3n) is 2.61. The SMILES string of the molecule is Cc1cc(C(=O)c2ccc(=O)[nH]c2N)ccc1F. The van der Waals surface area contributed by atoms with Gasteiger partial charge in [0, 0.05) is 11.6 Å². The van der Waals surface area contributed by atoms with Gasteiger partial charge in [0.05, 0.1) is 5.56 Å². The molecule has 1 aromatic heterocycles. The Hall–Kier alpha value is -2.43. The van der Waals surface area contributed by atoms with Gasteiger partial charge in [-0.2, -0.15) is 0 Å². The van der Waals surface area contributed by atoms with Crippen molar-refractivity contribution in [2.24, 2.45) is 0 Å². The smallest absolute Gasteiger partial charge is 0.249 e. The molecule has 5 heteroatoms. The first-order valence-corrected chi connectivity index (χ1v) is 5.28. The highest BCUT2D eigenvalue weighted by atomic mass is 19.1. The van der Waals surface area contributed by atoms with Gasteiger partial charge in [0.25, 0.3) is 0 Å². The van der Waals surface area contributed by atoms with Crippen LogP contribution in [0.3, 0.4) is 0 Å². The Morgan fingerprint density at radius 2 is 2.00 bits per heavy atom. The molecule has 1 heterocycles. The number of ketones is 1. The number of anilines is 1. The first-order chi connectivity index (χ1) is 8.49. The first kappa shape index (κ1) is 12.0. The molecule has 18 heavy (non-hydrogen) atoms. The fourth-order valence-corrected chi connectivity index (χ4v) is 1.63. The Morgan fingerprint density at radius 1 is 1.28 bits per heavy atom. The van der Waals surface area contributed by atoms with Crippen LogP contribution in [0.1, 0.15) is 21.5 Å². The van der Waals surface area contributed by atoms with Gasteiger partial charge in [-0.25, -0.2) is 4.39 Å². The molecule has 3 N–H and O–H groups in total. The Balaban J connectivity index is 2.47. The summed E-state index contributed by atoms with van der Waals surface area (Å²) in [6.45, 7) is 1.57. The number of hydrogen-bond donors (Lipinski definition) is 2. The predicted octanol–water partition coefficient (Wildman–Crippen LogP) is 1.64. The number of carbonyl (C=O) groups is 1. The van der Waals surface area contributed by atoms with Gasteiger partial charge in [-0.3, -0.25) is 9.59 Å². The maximum Gasteiger partial charge on any atom is 0.249 e. The van der Waals surface area contributed by atoms with Crippen LogP contribution in [0.25, 0.3) is 0 Å². The average molecular weight is 246 g/mol. The molecule has 0 aliphatic heterocycles. The molecule has 0 amide bonds. The van der Waals surface area contributed by atoms with E-state index < -0.39 is 0 Å². The van der Waals surface area contributed by atoms with Crippen molar-refractivity contribution in [1.82, 2.24) is 4.98 Å². The number of hydrogen-bond acceptors (Lipinski definition) is 3. The fraction of sp³-hybridized carbons (Fsp3) is 0.0769. The number of benzene rings is 1. The number of nitrogens with one attached hydrogen (secondary N) is 1. The molecule has 1 aromatic carbocycles. The zero-order valence-corrected chi connectivity index (χ0v) is 9.66. The van der Waals surface area contributed by atoms with Gasteiger partial charge in [-0.1, -0.05) is 0 Å². The summed E-state index contributed by atoms with van der Waals surface area (Å²) in [6, 6.07) is 6.64. The minimum absolute atomic E-state index is 0.00878. The molecule has 92 valence electrons. The maximum absolute atomic E-state index is 13.1. The zero-order valence-electron chi connectivity index (χ0n) is 9.66. The molecule has 0 radical (unpaired) electrons. The summed E-state index contributed by atoms with van der Waals surface area (Å²) in [4.78, 5) is 25.5. The van der Waals surface area contributed by atoms with Gasteiger partial charge >= 0.3 is 0 Å². The average Bonchev–Trinajstić information content (AvgIpc) is 2.32. The van der Waals surface area contributed by atoms with Crippen LogP contribution in [0.2, 0.25) is 0 Å². The van der Waals surface area contributed by atoms with E-state index in [1.165, 1.54) is 30.3 Å². The fourth-order valence-electron chi connectivity index (χ4n) is 1.63. The van der Waals surface area contributed by atoms with Crippen LogP contribution in [0.4, 0.5) is 10.2 Å². The van der Waals surface area contributed by atoms with Crippen LogP contribution in [0, 0.1) is 12.7 Å². The summed E-state index contributed by atoms with van der Waals surface area (Å²) in [5.41, 5.74) is 6.10. The quantitative estimate of drug-likeness (QED) is 0.791. The van der Waals surface area contributed by atoms with Crippen LogP contribution >= 0.6 is 0 Å². The molecular weight excluding hydrogens is 235 g/mol. The van der Waals surface area contributed by atoms with E-state index in [1.807, 2.05) is 0 Å². The molecule has 0 atom stereocenters. The van der Waals surface area contributed by atoms with E-state index in [-0.39, 0.29) is 28.5 Å². The molecular formula is C13H11FN2O2. The number of halogens is 1. The van der Waals surface area contributed by atoms with Crippen molar-refractivity contribution in [3.05, 3.63) is 63.2 Å². The Labute approximate surface area is 102 Å². The van der Waals surface area contributed by atoms with Gasteiger partial charge in [0.1, 0.15) is 11.6 Å². The first-order valence-electron chi connectivity index (χ1n) is 5.28. The highest BCUT2D eigenvalue weighted by molar-refractivity contribution is 6.11. The zero-order chi connectivity index (χ0) is 13.3. The highest BCUT2D eigenvalue weighted by Crippen LogP contribution is 2.16. The lowest BCUT2D eigenvalue weighted by Crippen LogP contribution is -2.13. The number of aromatic nitrogens is 1. The molecule has 0 saturated carbocycles. The molecule has 2 aromatic rings. The standard InChI is InChI=1S/C13H11FN2O2/c1-7-6-8(2-4-10(7)14)12(18)9-3-5-11(17)16-13(9)15/h2-6H,1H3,(H3,15,16,17). The van der Waals surface area contributed by atoms with Gasteiger partial charge < -0.3 is 10.7 Å². The van der Waals surface area contributed by atoms with Crippen molar-refractivity contribution in [2.75, 3.05) is 5.73 Å². The van der Waals surface area contributed by atoms with Crippen LogP contribution in [-0.4, -0.2) is 10.8 Å². The van der Waals surface area contributed by atoms with Crippen molar-refractivity contribution < 1.29 is 9.18 Å². The van der Waals surface area contributed by atoms with Crippen LogP contribution < -0.4 is 11.3 Å². The van der Waals surface area contributed by atoms with E-state index in [1.54, 1.807) is 6.92 Å². The van der Waals surface area contributed by atoms with E-state index in [2.05, 4.69) is 4.98 Å². The Morgan fingerprint density at radius 3 is 2.61 bits per heavy atom. The molecule has 0 aliphatic rings. The number of carbonyl (C=O) groups excluding carboxylic acids is 1. The molecule has 0 unspecified atom stereocenters. The molecule has 2 rings (SSSR count). The number of nitrogens with two attached hydrogens (primary N) is 1. The molecule has 0 bridgehead atoms. The topological polar surface area (TPSA) is 76.0 Å². The maximum atomic E-state index is 13.1. The number of rotatable bonds is 2. The van der Waals surface area contributed by atoms with Crippen LogP contribution in [0.5, 0.6) is 0 Å². The summed E-state index contributed by atoms with van der Waals surface area (Å²) in [6.07, 6.45) is 0. The van der Waals surface area contributed by atoms with Gasteiger partial charge in [0.15, 0.2) is 5.78 Å². The number of H-pyrrole nitrogens is 1. The highest BCUT2D eigenvalue weighted by Gasteiger charge is 2.13. The van der Waals surface area contributed by atoms with Crippen LogP contribution in [-0.2, 0) is 0 Å². The third kappa shape index (κ3) is 2.15. The van der Waals surface area contributed by atoms with Crippen molar-refractivity contribution in [1.29, 1.82) is 0 Å². The third-order valence-corrected chi connectivity index (χ3v) is 2.61. The van der Waals surface area contributed by atoms with E-state index in [0.29, 0.717) is 11.1 Å². The second-order valence-electron chi connectivity index (χ2n) is 3.94. The van der Waals surface area contributed by atoms with Gasteiger partial charge in [-0.05, 0) is 36.8 Å². The Kier molecular flexibility index (Phi) is 2.97. The summed E-state index contributed by atoms with van der Waals surface area (Å²) in [5, 5.41) is 0. The minimum Gasteiger partial charge on any atom is -0.385 e. The van der Waals surface area contributed by atoms with Crippen molar-refractivity contribution >= 4 is 11.6 Å². The molecule has 0 aliphatic carbocycles. The van der Waals surface area contributed by atoms with Gasteiger partial charge in [-0.15, -0.1) is 0 Å². The lowest BCUT2D eigenvalue weighted by atomic mass is 10.0. The summed E-state index contributed by atoms with van der Waals surface area (Å²) < 4.78 is 13.1. The predicted molar refractivity (Wildman–Crippen MR) is 66.0 cm³/mol.